The van der Waals surface area contributed by atoms with E-state index in [0.29, 0.717) is 12.8 Å². The Bertz CT molecular complexity index is 972. The maximum absolute atomic E-state index is 13.8. The van der Waals surface area contributed by atoms with E-state index in [0.717, 1.165) is 34.1 Å². The number of hydrogen-bond acceptors (Lipinski definition) is 2. The number of aryl methyl sites for hydroxylation is 1. The van der Waals surface area contributed by atoms with Gasteiger partial charge >= 0.3 is 0 Å². The van der Waals surface area contributed by atoms with Crippen LogP contribution in [0.2, 0.25) is 0 Å². The molecule has 0 radical (unpaired) electrons. The standard InChI is InChI=1S/C22H22FN3O/c1-2-6-17(14-24)25-21(27)12-10-18-19-13-16(23)9-11-20(19)26-22(18)15-7-4-3-5-8-15/h3-5,7-9,11,13,17,26H,2,6,10,12H2,1H3,(H,25,27). The van der Waals surface area contributed by atoms with E-state index in [1.165, 1.54) is 12.1 Å². The molecule has 1 atom stereocenters. The van der Waals surface area contributed by atoms with Crippen molar-refractivity contribution in [2.45, 2.75) is 38.6 Å². The predicted molar refractivity (Wildman–Crippen MR) is 104 cm³/mol. The van der Waals surface area contributed by atoms with Gasteiger partial charge in [0.1, 0.15) is 11.9 Å². The van der Waals surface area contributed by atoms with Gasteiger partial charge in [-0.1, -0.05) is 43.7 Å². The normalized spacial score (nSPS) is 11.9. The number of carbonyl (C=O) groups excluding carboxylic acids is 1. The van der Waals surface area contributed by atoms with Crippen molar-refractivity contribution >= 4 is 16.8 Å². The van der Waals surface area contributed by atoms with Crippen molar-refractivity contribution in [1.82, 2.24) is 10.3 Å². The number of rotatable bonds is 7. The van der Waals surface area contributed by atoms with Gasteiger partial charge in [0.2, 0.25) is 5.91 Å². The molecule has 0 saturated heterocycles. The van der Waals surface area contributed by atoms with E-state index in [1.54, 1.807) is 6.07 Å². The van der Waals surface area contributed by atoms with Crippen molar-refractivity contribution < 1.29 is 9.18 Å². The highest BCUT2D eigenvalue weighted by Gasteiger charge is 2.16. The summed E-state index contributed by atoms with van der Waals surface area (Å²) < 4.78 is 13.8. The first-order valence-corrected chi connectivity index (χ1v) is 9.17. The van der Waals surface area contributed by atoms with Crippen LogP contribution in [0.25, 0.3) is 22.2 Å². The van der Waals surface area contributed by atoms with E-state index in [2.05, 4.69) is 16.4 Å². The molecule has 1 heterocycles. The maximum atomic E-state index is 13.8. The fourth-order valence-corrected chi connectivity index (χ4v) is 3.29. The Kier molecular flexibility index (Phi) is 5.87. The maximum Gasteiger partial charge on any atom is 0.221 e. The number of carbonyl (C=O) groups is 1. The van der Waals surface area contributed by atoms with E-state index >= 15 is 0 Å². The molecule has 0 saturated carbocycles. The van der Waals surface area contributed by atoms with Crippen molar-refractivity contribution in [3.8, 4) is 17.3 Å². The van der Waals surface area contributed by atoms with Gasteiger partial charge in [0.15, 0.2) is 0 Å². The Hall–Kier alpha value is -3.13. The Balaban J connectivity index is 1.87. The Morgan fingerprint density at radius 3 is 2.74 bits per heavy atom. The highest BCUT2D eigenvalue weighted by molar-refractivity contribution is 5.91. The van der Waals surface area contributed by atoms with Gasteiger partial charge in [0, 0.05) is 23.0 Å². The Morgan fingerprint density at radius 2 is 2.04 bits per heavy atom. The predicted octanol–water partition coefficient (Wildman–Crippen LogP) is 4.72. The molecule has 0 spiro atoms. The summed E-state index contributed by atoms with van der Waals surface area (Å²) in [5.41, 5.74) is 3.64. The third-order valence-electron chi connectivity index (χ3n) is 4.60. The van der Waals surface area contributed by atoms with Gasteiger partial charge in [0.05, 0.1) is 6.07 Å². The van der Waals surface area contributed by atoms with Crippen LogP contribution in [0.5, 0.6) is 0 Å². The van der Waals surface area contributed by atoms with Gasteiger partial charge in [-0.3, -0.25) is 4.79 Å². The topological polar surface area (TPSA) is 68.7 Å². The van der Waals surface area contributed by atoms with Gasteiger partial charge in [-0.2, -0.15) is 5.26 Å². The zero-order chi connectivity index (χ0) is 19.2. The second kappa shape index (κ2) is 8.50. The van der Waals surface area contributed by atoms with Crippen molar-refractivity contribution in [1.29, 1.82) is 5.26 Å². The number of aromatic nitrogens is 1. The molecule has 138 valence electrons. The summed E-state index contributed by atoms with van der Waals surface area (Å²) in [7, 11) is 0. The number of aromatic amines is 1. The third kappa shape index (κ3) is 4.35. The molecule has 3 aromatic rings. The summed E-state index contributed by atoms with van der Waals surface area (Å²) in [6.07, 6.45) is 2.17. The van der Waals surface area contributed by atoms with Crippen molar-refractivity contribution in [3.63, 3.8) is 0 Å². The van der Waals surface area contributed by atoms with E-state index in [9.17, 15) is 9.18 Å². The van der Waals surface area contributed by atoms with Crippen molar-refractivity contribution in [3.05, 3.63) is 59.9 Å². The molecule has 5 heteroatoms. The van der Waals surface area contributed by atoms with Crippen LogP contribution in [0.15, 0.2) is 48.5 Å². The number of nitrogens with one attached hydrogen (secondary N) is 2. The second-order valence-corrected chi connectivity index (χ2v) is 6.57. The van der Waals surface area contributed by atoms with Gasteiger partial charge in [0.25, 0.3) is 0 Å². The fourth-order valence-electron chi connectivity index (χ4n) is 3.29. The van der Waals surface area contributed by atoms with Crippen LogP contribution < -0.4 is 5.32 Å². The van der Waals surface area contributed by atoms with E-state index in [-0.39, 0.29) is 18.1 Å². The molecule has 0 fully saturated rings. The number of amides is 1. The van der Waals surface area contributed by atoms with E-state index < -0.39 is 6.04 Å². The van der Waals surface area contributed by atoms with Gasteiger partial charge < -0.3 is 10.3 Å². The largest absolute Gasteiger partial charge is 0.354 e. The monoisotopic (exact) mass is 363 g/mol. The smallest absolute Gasteiger partial charge is 0.221 e. The molecule has 1 aromatic heterocycles. The number of benzene rings is 2. The van der Waals surface area contributed by atoms with Crippen LogP contribution in [0, 0.1) is 17.1 Å². The van der Waals surface area contributed by atoms with Crippen LogP contribution in [-0.2, 0) is 11.2 Å². The zero-order valence-electron chi connectivity index (χ0n) is 15.3. The molecule has 0 bridgehead atoms. The Labute approximate surface area is 158 Å². The van der Waals surface area contributed by atoms with Gasteiger partial charge in [-0.15, -0.1) is 0 Å². The minimum Gasteiger partial charge on any atom is -0.354 e. The lowest BCUT2D eigenvalue weighted by atomic mass is 10.0. The number of nitrogens with zero attached hydrogens (tertiary/aromatic N) is 1. The van der Waals surface area contributed by atoms with Crippen molar-refractivity contribution in [2.75, 3.05) is 0 Å². The molecule has 1 amide bonds. The van der Waals surface area contributed by atoms with Crippen LogP contribution in [-0.4, -0.2) is 16.9 Å². The molecule has 0 aliphatic carbocycles. The number of fused-ring (bicyclic) bond motifs is 1. The van der Waals surface area contributed by atoms with E-state index in [4.69, 9.17) is 5.26 Å². The summed E-state index contributed by atoms with van der Waals surface area (Å²) in [4.78, 5) is 15.6. The first kappa shape index (κ1) is 18.7. The molecule has 4 nitrogen and oxygen atoms in total. The summed E-state index contributed by atoms with van der Waals surface area (Å²) in [5.74, 6) is -0.473. The lowest BCUT2D eigenvalue weighted by Gasteiger charge is -2.11. The van der Waals surface area contributed by atoms with Crippen LogP contribution in [0.1, 0.15) is 31.7 Å². The third-order valence-corrected chi connectivity index (χ3v) is 4.60. The molecular formula is C22H22FN3O. The first-order valence-electron chi connectivity index (χ1n) is 9.17. The summed E-state index contributed by atoms with van der Waals surface area (Å²) in [6.45, 7) is 1.98. The van der Waals surface area contributed by atoms with Crippen LogP contribution in [0.4, 0.5) is 4.39 Å². The van der Waals surface area contributed by atoms with Gasteiger partial charge in [-0.25, -0.2) is 4.39 Å². The SMILES string of the molecule is CCCC(C#N)NC(=O)CCc1c(-c2ccccc2)[nH]c2ccc(F)cc12. The summed E-state index contributed by atoms with van der Waals surface area (Å²) >= 11 is 0. The summed E-state index contributed by atoms with van der Waals surface area (Å²) in [6, 6.07) is 16.1. The molecule has 0 aliphatic heterocycles. The molecule has 1 unspecified atom stereocenters. The molecular weight excluding hydrogens is 341 g/mol. The average molecular weight is 363 g/mol. The number of hydrogen-bond donors (Lipinski definition) is 2. The lowest BCUT2D eigenvalue weighted by Crippen LogP contribution is -2.33. The number of nitriles is 1. The second-order valence-electron chi connectivity index (χ2n) is 6.57. The molecule has 27 heavy (non-hydrogen) atoms. The molecule has 2 aromatic carbocycles. The summed E-state index contributed by atoms with van der Waals surface area (Å²) in [5, 5.41) is 12.7. The lowest BCUT2D eigenvalue weighted by molar-refractivity contribution is -0.121. The quantitative estimate of drug-likeness (QED) is 0.638. The minimum absolute atomic E-state index is 0.167. The molecule has 0 aliphatic rings. The average Bonchev–Trinajstić information content (AvgIpc) is 3.04. The van der Waals surface area contributed by atoms with Gasteiger partial charge in [-0.05, 0) is 42.2 Å². The van der Waals surface area contributed by atoms with Crippen LogP contribution in [0.3, 0.4) is 0 Å². The molecule has 2 N–H and O–H groups in total. The Morgan fingerprint density at radius 1 is 1.26 bits per heavy atom. The molecule has 3 rings (SSSR count). The van der Waals surface area contributed by atoms with Crippen molar-refractivity contribution in [2.24, 2.45) is 0 Å². The highest BCUT2D eigenvalue weighted by atomic mass is 19.1. The van der Waals surface area contributed by atoms with E-state index in [1.807, 2.05) is 37.3 Å². The fraction of sp³-hybridized carbons (Fsp3) is 0.273. The van der Waals surface area contributed by atoms with Crippen LogP contribution >= 0.6 is 0 Å². The minimum atomic E-state index is -0.462. The number of H-pyrrole nitrogens is 1. The first-order chi connectivity index (χ1) is 13.1. The number of halogens is 1. The highest BCUT2D eigenvalue weighted by Crippen LogP contribution is 2.31. The zero-order valence-corrected chi connectivity index (χ0v) is 15.3.